The van der Waals surface area contributed by atoms with Gasteiger partial charge in [-0.2, -0.15) is 0 Å². The number of hydrogen-bond donors (Lipinski definition) is 2. The number of fused-ring (bicyclic) bond motifs is 1. The van der Waals surface area contributed by atoms with Gasteiger partial charge in [-0.1, -0.05) is 0 Å². The third kappa shape index (κ3) is 2.27. The molecule has 0 spiro atoms. The Morgan fingerprint density at radius 3 is 2.95 bits per heavy atom. The Balaban J connectivity index is 1.97. The zero-order chi connectivity index (χ0) is 13.4. The molecule has 0 aromatic heterocycles. The van der Waals surface area contributed by atoms with Crippen molar-refractivity contribution in [3.63, 3.8) is 0 Å². The Morgan fingerprint density at radius 2 is 2.16 bits per heavy atom. The van der Waals surface area contributed by atoms with E-state index in [1.165, 1.54) is 19.3 Å². The lowest BCUT2D eigenvalue weighted by Crippen LogP contribution is -2.38. The van der Waals surface area contributed by atoms with Crippen molar-refractivity contribution in [2.24, 2.45) is 0 Å². The molecule has 1 aromatic carbocycles. The lowest BCUT2D eigenvalue weighted by Gasteiger charge is -2.37. The molecule has 4 nitrogen and oxygen atoms in total. The Labute approximate surface area is 114 Å². The van der Waals surface area contributed by atoms with Gasteiger partial charge in [-0.05, 0) is 50.3 Å². The molecular weight excluding hydrogens is 238 g/mol. The first kappa shape index (κ1) is 12.3. The van der Waals surface area contributed by atoms with Gasteiger partial charge in [0.15, 0.2) is 0 Å². The number of benzene rings is 1. The maximum atomic E-state index is 11.5. The number of aryl methyl sites for hydroxylation is 1. The molecule has 0 radical (unpaired) electrons. The van der Waals surface area contributed by atoms with E-state index in [9.17, 15) is 4.79 Å². The summed E-state index contributed by atoms with van der Waals surface area (Å²) < 4.78 is 0. The van der Waals surface area contributed by atoms with Gasteiger partial charge >= 0.3 is 0 Å². The Morgan fingerprint density at radius 1 is 1.32 bits per heavy atom. The van der Waals surface area contributed by atoms with Crippen LogP contribution >= 0.6 is 0 Å². The minimum absolute atomic E-state index is 0.106. The fourth-order valence-electron chi connectivity index (χ4n) is 3.14. The fourth-order valence-corrected chi connectivity index (χ4v) is 3.14. The topological polar surface area (TPSA) is 58.4 Å². The first-order chi connectivity index (χ1) is 9.15. The number of carbonyl (C=O) groups excluding carboxylic acids is 1. The molecule has 0 aliphatic carbocycles. The largest absolute Gasteiger partial charge is 0.397 e. The van der Waals surface area contributed by atoms with E-state index >= 15 is 0 Å². The summed E-state index contributed by atoms with van der Waals surface area (Å²) in [6.45, 7) is 3.30. The molecule has 0 saturated carbocycles. The lowest BCUT2D eigenvalue weighted by molar-refractivity contribution is -0.116. The molecule has 4 heteroatoms. The molecule has 1 atom stereocenters. The zero-order valence-electron chi connectivity index (χ0n) is 11.4. The maximum absolute atomic E-state index is 11.5. The van der Waals surface area contributed by atoms with E-state index in [4.69, 9.17) is 5.73 Å². The van der Waals surface area contributed by atoms with Crippen molar-refractivity contribution in [3.8, 4) is 0 Å². The van der Waals surface area contributed by atoms with Crippen molar-refractivity contribution in [3.05, 3.63) is 17.7 Å². The molecule has 1 aromatic rings. The van der Waals surface area contributed by atoms with E-state index in [0.717, 1.165) is 35.6 Å². The van der Waals surface area contributed by atoms with Crippen molar-refractivity contribution >= 4 is 23.0 Å². The van der Waals surface area contributed by atoms with Crippen LogP contribution in [0.15, 0.2) is 12.1 Å². The van der Waals surface area contributed by atoms with Gasteiger partial charge in [0.05, 0.1) is 11.4 Å². The van der Waals surface area contributed by atoms with Gasteiger partial charge in [0, 0.05) is 24.7 Å². The molecule has 1 amide bonds. The second kappa shape index (κ2) is 4.76. The number of carbonyl (C=O) groups is 1. The van der Waals surface area contributed by atoms with Crippen molar-refractivity contribution in [1.82, 2.24) is 0 Å². The highest BCUT2D eigenvalue weighted by Crippen LogP contribution is 2.36. The molecule has 2 heterocycles. The molecule has 1 saturated heterocycles. The van der Waals surface area contributed by atoms with Crippen LogP contribution in [0.25, 0.3) is 0 Å². The first-order valence-electron chi connectivity index (χ1n) is 7.14. The molecule has 2 aliphatic rings. The standard InChI is InChI=1S/C15H21N3O/c1-10-4-2-3-7-18(10)14-9-13-11(8-12(14)16)5-6-15(19)17-13/h8-10H,2-7,16H2,1H3,(H,17,19). The van der Waals surface area contributed by atoms with Crippen molar-refractivity contribution in [2.75, 3.05) is 22.5 Å². The Bertz CT molecular complexity index is 512. The first-order valence-corrected chi connectivity index (χ1v) is 7.14. The van der Waals surface area contributed by atoms with Crippen LogP contribution in [0.2, 0.25) is 0 Å². The summed E-state index contributed by atoms with van der Waals surface area (Å²) >= 11 is 0. The molecule has 3 rings (SSSR count). The van der Waals surface area contributed by atoms with Crippen LogP contribution in [0.5, 0.6) is 0 Å². The van der Waals surface area contributed by atoms with Crippen LogP contribution in [0, 0.1) is 0 Å². The number of amides is 1. The molecule has 1 unspecified atom stereocenters. The molecular formula is C15H21N3O. The smallest absolute Gasteiger partial charge is 0.224 e. The highest BCUT2D eigenvalue weighted by Gasteiger charge is 2.23. The molecule has 0 bridgehead atoms. The van der Waals surface area contributed by atoms with Crippen LogP contribution in [0.4, 0.5) is 17.1 Å². The van der Waals surface area contributed by atoms with Gasteiger partial charge < -0.3 is 16.0 Å². The predicted molar refractivity (Wildman–Crippen MR) is 78.5 cm³/mol. The van der Waals surface area contributed by atoms with E-state index in [1.54, 1.807) is 0 Å². The van der Waals surface area contributed by atoms with E-state index in [-0.39, 0.29) is 5.91 Å². The fraction of sp³-hybridized carbons (Fsp3) is 0.533. The maximum Gasteiger partial charge on any atom is 0.224 e. The molecule has 1 fully saturated rings. The van der Waals surface area contributed by atoms with Gasteiger partial charge in [-0.15, -0.1) is 0 Å². The quantitative estimate of drug-likeness (QED) is 0.762. The monoisotopic (exact) mass is 259 g/mol. The predicted octanol–water partition coefficient (Wildman–Crippen LogP) is 2.53. The summed E-state index contributed by atoms with van der Waals surface area (Å²) in [5, 5.41) is 2.96. The highest BCUT2D eigenvalue weighted by atomic mass is 16.1. The van der Waals surface area contributed by atoms with Crippen molar-refractivity contribution in [1.29, 1.82) is 0 Å². The summed E-state index contributed by atoms with van der Waals surface area (Å²) in [7, 11) is 0. The van der Waals surface area contributed by atoms with Crippen LogP contribution in [0.1, 0.15) is 38.2 Å². The van der Waals surface area contributed by atoms with E-state index < -0.39 is 0 Å². The number of nitrogens with one attached hydrogen (secondary N) is 1. The summed E-state index contributed by atoms with van der Waals surface area (Å²) in [6.07, 6.45) is 5.07. The summed E-state index contributed by atoms with van der Waals surface area (Å²) in [5.74, 6) is 0.106. The summed E-state index contributed by atoms with van der Waals surface area (Å²) in [4.78, 5) is 13.9. The second-order valence-electron chi connectivity index (χ2n) is 5.65. The number of rotatable bonds is 1. The molecule has 19 heavy (non-hydrogen) atoms. The molecule has 2 aliphatic heterocycles. The van der Waals surface area contributed by atoms with Crippen LogP contribution in [-0.4, -0.2) is 18.5 Å². The zero-order valence-corrected chi connectivity index (χ0v) is 11.4. The summed E-state index contributed by atoms with van der Waals surface area (Å²) in [6, 6.07) is 4.61. The van der Waals surface area contributed by atoms with Crippen molar-refractivity contribution < 1.29 is 4.79 Å². The van der Waals surface area contributed by atoms with Gasteiger partial charge in [0.1, 0.15) is 0 Å². The number of anilines is 3. The second-order valence-corrected chi connectivity index (χ2v) is 5.65. The number of hydrogen-bond acceptors (Lipinski definition) is 3. The van der Waals surface area contributed by atoms with Gasteiger partial charge in [-0.3, -0.25) is 4.79 Å². The third-order valence-corrected chi connectivity index (χ3v) is 4.26. The van der Waals surface area contributed by atoms with E-state index in [0.29, 0.717) is 12.5 Å². The van der Waals surface area contributed by atoms with Crippen LogP contribution < -0.4 is 16.0 Å². The number of nitrogen functional groups attached to an aromatic ring is 1. The summed E-state index contributed by atoms with van der Waals surface area (Å²) in [5.41, 5.74) is 10.2. The van der Waals surface area contributed by atoms with Gasteiger partial charge in [0.25, 0.3) is 0 Å². The van der Waals surface area contributed by atoms with Gasteiger partial charge in [0.2, 0.25) is 5.91 Å². The normalized spacial score (nSPS) is 22.9. The molecule has 102 valence electrons. The highest BCUT2D eigenvalue weighted by molar-refractivity contribution is 5.95. The van der Waals surface area contributed by atoms with Crippen molar-refractivity contribution in [2.45, 2.75) is 45.1 Å². The Hall–Kier alpha value is -1.71. The van der Waals surface area contributed by atoms with Crippen LogP contribution in [0.3, 0.4) is 0 Å². The SMILES string of the molecule is CC1CCCCN1c1cc2c(cc1N)CCC(=O)N2. The number of piperidine rings is 1. The average molecular weight is 259 g/mol. The average Bonchev–Trinajstić information content (AvgIpc) is 2.39. The van der Waals surface area contributed by atoms with Gasteiger partial charge in [-0.25, -0.2) is 0 Å². The molecule has 3 N–H and O–H groups in total. The number of nitrogens with two attached hydrogens (primary N) is 1. The van der Waals surface area contributed by atoms with E-state index in [1.807, 2.05) is 6.07 Å². The van der Waals surface area contributed by atoms with Crippen LogP contribution in [-0.2, 0) is 11.2 Å². The minimum Gasteiger partial charge on any atom is -0.397 e. The number of nitrogens with zero attached hydrogens (tertiary/aromatic N) is 1. The lowest BCUT2D eigenvalue weighted by atomic mass is 9.98. The minimum atomic E-state index is 0.106. The van der Waals surface area contributed by atoms with E-state index in [2.05, 4.69) is 23.2 Å². The Kier molecular flexibility index (Phi) is 3.09. The third-order valence-electron chi connectivity index (χ3n) is 4.26.